The molecule has 0 saturated carbocycles. The van der Waals surface area contributed by atoms with Crippen LogP contribution in [0.4, 0.5) is 5.69 Å². The van der Waals surface area contributed by atoms with Crippen molar-refractivity contribution in [3.8, 4) is 5.75 Å². The molecule has 1 heterocycles. The van der Waals surface area contributed by atoms with Crippen LogP contribution in [-0.2, 0) is 15.2 Å². The predicted molar refractivity (Wildman–Crippen MR) is 94.7 cm³/mol. The average molecular weight is 339 g/mol. The molecule has 1 N–H and O–H groups in total. The van der Waals surface area contributed by atoms with E-state index in [2.05, 4.69) is 0 Å². The first-order chi connectivity index (χ1) is 11.9. The summed E-state index contributed by atoms with van der Waals surface area (Å²) in [6, 6.07) is 14.7. The van der Waals surface area contributed by atoms with Gasteiger partial charge in [-0.2, -0.15) is 0 Å². The lowest BCUT2D eigenvalue weighted by atomic mass is 9.90. The fourth-order valence-corrected chi connectivity index (χ4v) is 3.15. The topological polar surface area (TPSA) is 66.8 Å². The van der Waals surface area contributed by atoms with E-state index in [1.807, 2.05) is 31.2 Å². The molecule has 1 atom stereocenters. The van der Waals surface area contributed by atoms with Crippen LogP contribution in [0.15, 0.2) is 48.5 Å². The van der Waals surface area contributed by atoms with Crippen molar-refractivity contribution in [1.82, 2.24) is 0 Å². The van der Waals surface area contributed by atoms with E-state index >= 15 is 0 Å². The van der Waals surface area contributed by atoms with Crippen molar-refractivity contribution >= 4 is 17.4 Å². The Morgan fingerprint density at radius 3 is 2.52 bits per heavy atom. The first kappa shape index (κ1) is 17.2. The Morgan fingerprint density at radius 2 is 1.84 bits per heavy atom. The summed E-state index contributed by atoms with van der Waals surface area (Å²) in [6.07, 6.45) is -0.224. The molecule has 1 amide bonds. The first-order valence-corrected chi connectivity index (χ1v) is 8.24. The number of para-hydroxylation sites is 1. The minimum absolute atomic E-state index is 0.224. The Bertz CT molecular complexity index is 800. The van der Waals surface area contributed by atoms with E-state index in [-0.39, 0.29) is 12.2 Å². The van der Waals surface area contributed by atoms with E-state index in [1.54, 1.807) is 24.3 Å². The normalized spacial score (nSPS) is 19.0. The Labute approximate surface area is 146 Å². The van der Waals surface area contributed by atoms with Crippen LogP contribution in [0, 0.1) is 6.92 Å². The number of carbonyl (C=O) groups excluding carboxylic acids is 2. The molecule has 1 aliphatic heterocycles. The minimum atomic E-state index is -1.79. The third-order valence-electron chi connectivity index (χ3n) is 4.35. The molecule has 0 saturated heterocycles. The second kappa shape index (κ2) is 6.69. The number of anilines is 1. The number of hydrogen-bond donors (Lipinski definition) is 1. The first-order valence-electron chi connectivity index (χ1n) is 8.24. The van der Waals surface area contributed by atoms with Crippen LogP contribution < -0.4 is 9.64 Å². The van der Waals surface area contributed by atoms with Crippen LogP contribution in [0.3, 0.4) is 0 Å². The molecule has 0 unspecified atom stereocenters. The molecule has 0 fully saturated rings. The molecule has 0 bridgehead atoms. The maximum absolute atomic E-state index is 12.8. The van der Waals surface area contributed by atoms with Crippen molar-refractivity contribution in [3.05, 3.63) is 59.7 Å². The minimum Gasteiger partial charge on any atom is -0.492 e. The highest BCUT2D eigenvalue weighted by Crippen LogP contribution is 2.42. The van der Waals surface area contributed by atoms with E-state index in [9.17, 15) is 14.7 Å². The number of rotatable bonds is 6. The van der Waals surface area contributed by atoms with Gasteiger partial charge >= 0.3 is 0 Å². The maximum atomic E-state index is 12.8. The number of benzene rings is 2. The van der Waals surface area contributed by atoms with Gasteiger partial charge in [0.05, 0.1) is 12.2 Å². The van der Waals surface area contributed by atoms with Gasteiger partial charge in [-0.05, 0) is 32.0 Å². The maximum Gasteiger partial charge on any atom is 0.264 e. The van der Waals surface area contributed by atoms with E-state index in [4.69, 9.17) is 4.74 Å². The summed E-state index contributed by atoms with van der Waals surface area (Å²) >= 11 is 0. The molecule has 5 nitrogen and oxygen atoms in total. The van der Waals surface area contributed by atoms with Gasteiger partial charge in [0, 0.05) is 12.0 Å². The number of hydrogen-bond acceptors (Lipinski definition) is 4. The van der Waals surface area contributed by atoms with Gasteiger partial charge in [0.2, 0.25) is 0 Å². The molecule has 0 radical (unpaired) electrons. The third kappa shape index (κ3) is 3.28. The van der Waals surface area contributed by atoms with E-state index < -0.39 is 11.5 Å². The van der Waals surface area contributed by atoms with Gasteiger partial charge in [0.15, 0.2) is 5.60 Å². The molecule has 2 aromatic carbocycles. The zero-order valence-corrected chi connectivity index (χ0v) is 14.4. The van der Waals surface area contributed by atoms with Gasteiger partial charge in [-0.3, -0.25) is 9.59 Å². The van der Waals surface area contributed by atoms with Crippen LogP contribution in [-0.4, -0.2) is 29.9 Å². The molecule has 0 aromatic heterocycles. The lowest BCUT2D eigenvalue weighted by Crippen LogP contribution is -2.43. The highest BCUT2D eigenvalue weighted by molar-refractivity contribution is 6.08. The second-order valence-electron chi connectivity index (χ2n) is 6.37. The fourth-order valence-electron chi connectivity index (χ4n) is 3.15. The van der Waals surface area contributed by atoms with Crippen molar-refractivity contribution in [3.63, 3.8) is 0 Å². The lowest BCUT2D eigenvalue weighted by Gasteiger charge is -2.22. The summed E-state index contributed by atoms with van der Waals surface area (Å²) in [5, 5.41) is 10.8. The number of aryl methyl sites for hydroxylation is 1. The average Bonchev–Trinajstić information content (AvgIpc) is 2.78. The Kier molecular flexibility index (Phi) is 4.59. The summed E-state index contributed by atoms with van der Waals surface area (Å²) in [4.78, 5) is 25.8. The molecule has 5 heteroatoms. The number of carbonyl (C=O) groups is 2. The SMILES string of the molecule is CC(=O)C[C@@]1(O)C(=O)N(CCOc2ccc(C)cc2)c2ccccc21. The summed E-state index contributed by atoms with van der Waals surface area (Å²) in [6.45, 7) is 3.96. The van der Waals surface area contributed by atoms with E-state index in [0.717, 1.165) is 11.3 Å². The van der Waals surface area contributed by atoms with Crippen molar-refractivity contribution in [1.29, 1.82) is 0 Å². The Balaban J connectivity index is 1.76. The number of ether oxygens (including phenoxy) is 1. The van der Waals surface area contributed by atoms with Gasteiger partial charge in [-0.15, -0.1) is 0 Å². The molecule has 3 rings (SSSR count). The molecule has 25 heavy (non-hydrogen) atoms. The fraction of sp³-hybridized carbons (Fsp3) is 0.300. The van der Waals surface area contributed by atoms with Gasteiger partial charge in [-0.25, -0.2) is 0 Å². The molecule has 1 aliphatic rings. The molecular weight excluding hydrogens is 318 g/mol. The van der Waals surface area contributed by atoms with E-state index in [0.29, 0.717) is 24.4 Å². The Morgan fingerprint density at radius 1 is 1.16 bits per heavy atom. The zero-order valence-electron chi connectivity index (χ0n) is 14.4. The number of amides is 1. The molecular formula is C20H21NO4. The summed E-state index contributed by atoms with van der Waals surface area (Å²) in [5.41, 5.74) is 0.464. The van der Waals surface area contributed by atoms with E-state index in [1.165, 1.54) is 11.8 Å². The van der Waals surface area contributed by atoms with Crippen molar-refractivity contribution in [2.45, 2.75) is 25.9 Å². The van der Waals surface area contributed by atoms with Crippen LogP contribution in [0.5, 0.6) is 5.75 Å². The monoisotopic (exact) mass is 339 g/mol. The highest BCUT2D eigenvalue weighted by Gasteiger charge is 2.50. The molecule has 0 aliphatic carbocycles. The molecule has 130 valence electrons. The third-order valence-corrected chi connectivity index (χ3v) is 4.35. The summed E-state index contributed by atoms with van der Waals surface area (Å²) < 4.78 is 5.69. The number of ketones is 1. The van der Waals surface area contributed by atoms with Gasteiger partial charge in [0.25, 0.3) is 5.91 Å². The number of nitrogens with zero attached hydrogens (tertiary/aromatic N) is 1. The quantitative estimate of drug-likeness (QED) is 0.878. The highest BCUT2D eigenvalue weighted by atomic mass is 16.5. The van der Waals surface area contributed by atoms with Crippen molar-refractivity contribution in [2.24, 2.45) is 0 Å². The van der Waals surface area contributed by atoms with Gasteiger partial charge in [0.1, 0.15) is 18.1 Å². The molecule has 0 spiro atoms. The van der Waals surface area contributed by atoms with Crippen LogP contribution in [0.2, 0.25) is 0 Å². The summed E-state index contributed by atoms with van der Waals surface area (Å²) in [7, 11) is 0. The van der Waals surface area contributed by atoms with Crippen molar-refractivity contribution in [2.75, 3.05) is 18.1 Å². The van der Waals surface area contributed by atoms with Crippen LogP contribution in [0.1, 0.15) is 24.5 Å². The van der Waals surface area contributed by atoms with Gasteiger partial charge < -0.3 is 14.7 Å². The largest absolute Gasteiger partial charge is 0.492 e. The number of fused-ring (bicyclic) bond motifs is 1. The second-order valence-corrected chi connectivity index (χ2v) is 6.37. The molecule has 2 aromatic rings. The Hall–Kier alpha value is -2.66. The zero-order chi connectivity index (χ0) is 18.0. The smallest absolute Gasteiger partial charge is 0.264 e. The summed E-state index contributed by atoms with van der Waals surface area (Å²) in [5.74, 6) is 0.0179. The van der Waals surface area contributed by atoms with Crippen LogP contribution in [0.25, 0.3) is 0 Å². The van der Waals surface area contributed by atoms with Gasteiger partial charge in [-0.1, -0.05) is 35.9 Å². The predicted octanol–water partition coefficient (Wildman–Crippen LogP) is 2.59. The van der Waals surface area contributed by atoms with Crippen molar-refractivity contribution < 1.29 is 19.4 Å². The number of aliphatic hydroxyl groups is 1. The standard InChI is InChI=1S/C20H21NO4/c1-14-7-9-16(10-8-14)25-12-11-21-18-6-4-3-5-17(18)20(24,19(21)23)13-15(2)22/h3-10,24H,11-13H2,1-2H3/t20-/m0/s1. The lowest BCUT2D eigenvalue weighted by molar-refractivity contribution is -0.141. The number of Topliss-reactive ketones (excluding diaryl/α,β-unsaturated/α-hetero) is 1. The van der Waals surface area contributed by atoms with Crippen LogP contribution >= 0.6 is 0 Å².